The van der Waals surface area contributed by atoms with E-state index < -0.39 is 5.41 Å². The zero-order valence-electron chi connectivity index (χ0n) is 15.1. The van der Waals surface area contributed by atoms with Crippen molar-refractivity contribution >= 4 is 17.6 Å². The van der Waals surface area contributed by atoms with Gasteiger partial charge in [0.1, 0.15) is 0 Å². The van der Waals surface area contributed by atoms with Crippen molar-refractivity contribution in [3.05, 3.63) is 66.2 Å². The minimum Gasteiger partial charge on any atom is -0.352 e. The highest BCUT2D eigenvalue weighted by Crippen LogP contribution is 2.31. The number of para-hydroxylation sites is 1. The van der Waals surface area contributed by atoms with Crippen molar-refractivity contribution < 1.29 is 9.59 Å². The van der Waals surface area contributed by atoms with Crippen molar-refractivity contribution in [3.8, 4) is 0 Å². The summed E-state index contributed by atoms with van der Waals surface area (Å²) in [5.41, 5.74) is 1.44. The number of hydrogen-bond donors (Lipinski definition) is 2. The number of piperidine rings is 1. The molecule has 1 aliphatic rings. The van der Waals surface area contributed by atoms with E-state index in [0.717, 1.165) is 11.3 Å². The van der Waals surface area contributed by atoms with Gasteiger partial charge in [-0.15, -0.1) is 0 Å². The Morgan fingerprint density at radius 3 is 2.15 bits per heavy atom. The van der Waals surface area contributed by atoms with Gasteiger partial charge < -0.3 is 15.5 Å². The molecule has 136 valence electrons. The molecular weight excluding hydrogens is 326 g/mol. The van der Waals surface area contributed by atoms with E-state index >= 15 is 0 Å². The molecule has 3 rings (SSSR count). The number of nitrogens with one attached hydrogen (secondary N) is 2. The number of nitrogens with zero attached hydrogens (tertiary/aromatic N) is 1. The molecule has 0 aromatic heterocycles. The summed E-state index contributed by atoms with van der Waals surface area (Å²) < 4.78 is 0. The molecule has 5 nitrogen and oxygen atoms in total. The van der Waals surface area contributed by atoms with Crippen molar-refractivity contribution in [2.75, 3.05) is 18.4 Å². The highest BCUT2D eigenvalue weighted by molar-refractivity contribution is 5.89. The fraction of sp³-hybridized carbons (Fsp3) is 0.333. The lowest BCUT2D eigenvalue weighted by atomic mass is 9.79. The predicted octanol–water partition coefficient (Wildman–Crippen LogP) is 3.64. The second-order valence-electron chi connectivity index (χ2n) is 7.01. The first-order valence-corrected chi connectivity index (χ1v) is 9.00. The topological polar surface area (TPSA) is 61.4 Å². The third kappa shape index (κ3) is 4.42. The Kier molecular flexibility index (Phi) is 5.56. The predicted molar refractivity (Wildman–Crippen MR) is 103 cm³/mol. The van der Waals surface area contributed by atoms with Crippen molar-refractivity contribution in [1.29, 1.82) is 0 Å². The molecule has 3 amide bonds. The number of amides is 3. The first-order chi connectivity index (χ1) is 12.6. The van der Waals surface area contributed by atoms with E-state index in [0.29, 0.717) is 32.5 Å². The molecule has 2 aromatic rings. The first kappa shape index (κ1) is 18.0. The molecule has 0 bridgehead atoms. The van der Waals surface area contributed by atoms with Gasteiger partial charge in [0.25, 0.3) is 0 Å². The van der Waals surface area contributed by atoms with E-state index in [1.54, 1.807) is 4.90 Å². The number of rotatable bonds is 4. The Morgan fingerprint density at radius 1 is 0.962 bits per heavy atom. The van der Waals surface area contributed by atoms with Gasteiger partial charge in [0.2, 0.25) is 5.91 Å². The van der Waals surface area contributed by atoms with Gasteiger partial charge in [0.05, 0.1) is 0 Å². The van der Waals surface area contributed by atoms with Crippen LogP contribution in [0.15, 0.2) is 60.7 Å². The van der Waals surface area contributed by atoms with Crippen LogP contribution in [0.1, 0.15) is 25.3 Å². The number of hydrogen-bond acceptors (Lipinski definition) is 2. The smallest absolute Gasteiger partial charge is 0.321 e. The van der Waals surface area contributed by atoms with Gasteiger partial charge in [0, 0.05) is 30.7 Å². The van der Waals surface area contributed by atoms with Gasteiger partial charge in [-0.05, 0) is 30.5 Å². The molecule has 26 heavy (non-hydrogen) atoms. The maximum absolute atomic E-state index is 12.6. The summed E-state index contributed by atoms with van der Waals surface area (Å²) in [5, 5.41) is 5.94. The second kappa shape index (κ2) is 8.04. The molecule has 5 heteroatoms. The van der Waals surface area contributed by atoms with Gasteiger partial charge in [0.15, 0.2) is 0 Å². The molecule has 0 aliphatic carbocycles. The third-order valence-electron chi connectivity index (χ3n) is 5.02. The van der Waals surface area contributed by atoms with E-state index in [1.165, 1.54) is 0 Å². The molecule has 2 aromatic carbocycles. The zero-order chi connectivity index (χ0) is 18.4. The fourth-order valence-electron chi connectivity index (χ4n) is 3.15. The standard InChI is InChI=1S/C21H25N3O2/c1-21(19(25)22-16-17-8-4-2-5-9-17)12-14-24(15-13-21)20(26)23-18-10-6-3-7-11-18/h2-11H,12-16H2,1H3,(H,22,25)(H,23,26). The third-order valence-corrected chi connectivity index (χ3v) is 5.02. The minimum absolute atomic E-state index is 0.0597. The van der Waals surface area contributed by atoms with Crippen molar-refractivity contribution in [3.63, 3.8) is 0 Å². The molecule has 1 fully saturated rings. The highest BCUT2D eigenvalue weighted by atomic mass is 16.2. The normalized spacial score (nSPS) is 16.0. The zero-order valence-corrected chi connectivity index (χ0v) is 15.1. The van der Waals surface area contributed by atoms with Crippen molar-refractivity contribution in [1.82, 2.24) is 10.2 Å². The first-order valence-electron chi connectivity index (χ1n) is 9.00. The van der Waals surface area contributed by atoms with Crippen LogP contribution in [0, 0.1) is 5.41 Å². The van der Waals surface area contributed by atoms with Gasteiger partial charge in [-0.25, -0.2) is 4.79 Å². The van der Waals surface area contributed by atoms with Crippen LogP contribution in [-0.2, 0) is 11.3 Å². The van der Waals surface area contributed by atoms with Gasteiger partial charge in [-0.1, -0.05) is 55.5 Å². The van der Waals surface area contributed by atoms with E-state index in [9.17, 15) is 9.59 Å². The Labute approximate surface area is 154 Å². The Hall–Kier alpha value is -2.82. The summed E-state index contributed by atoms with van der Waals surface area (Å²) in [6, 6.07) is 19.2. The Morgan fingerprint density at radius 2 is 1.54 bits per heavy atom. The second-order valence-corrected chi connectivity index (χ2v) is 7.01. The number of carbonyl (C=O) groups excluding carboxylic acids is 2. The van der Waals surface area contributed by atoms with Crippen LogP contribution in [0.3, 0.4) is 0 Å². The lowest BCUT2D eigenvalue weighted by Gasteiger charge is -2.38. The molecule has 1 aliphatic heterocycles. The Bertz CT molecular complexity index is 738. The average Bonchev–Trinajstić information content (AvgIpc) is 2.68. The number of anilines is 1. The molecule has 1 heterocycles. The monoisotopic (exact) mass is 351 g/mol. The van der Waals surface area contributed by atoms with Crippen LogP contribution in [0.25, 0.3) is 0 Å². The molecule has 0 unspecified atom stereocenters. The van der Waals surface area contributed by atoms with Gasteiger partial charge in [-0.2, -0.15) is 0 Å². The maximum atomic E-state index is 12.6. The lowest BCUT2D eigenvalue weighted by molar-refractivity contribution is -0.132. The summed E-state index contributed by atoms with van der Waals surface area (Å²) in [7, 11) is 0. The molecule has 2 N–H and O–H groups in total. The van der Waals surface area contributed by atoms with Crippen molar-refractivity contribution in [2.45, 2.75) is 26.3 Å². The molecule has 1 saturated heterocycles. The molecule has 0 atom stereocenters. The number of benzene rings is 2. The number of urea groups is 1. The van der Waals surface area contributed by atoms with Crippen LogP contribution in [0.2, 0.25) is 0 Å². The van der Waals surface area contributed by atoms with Crippen LogP contribution in [0.4, 0.5) is 10.5 Å². The van der Waals surface area contributed by atoms with Gasteiger partial charge in [-0.3, -0.25) is 4.79 Å². The van der Waals surface area contributed by atoms with E-state index in [1.807, 2.05) is 67.6 Å². The molecular formula is C21H25N3O2. The van der Waals surface area contributed by atoms with E-state index in [2.05, 4.69) is 10.6 Å². The van der Waals surface area contributed by atoms with Crippen molar-refractivity contribution in [2.24, 2.45) is 5.41 Å². The summed E-state index contributed by atoms with van der Waals surface area (Å²) >= 11 is 0. The van der Waals surface area contributed by atoms with Crippen LogP contribution < -0.4 is 10.6 Å². The highest BCUT2D eigenvalue weighted by Gasteiger charge is 2.37. The number of likely N-dealkylation sites (tertiary alicyclic amines) is 1. The molecule has 0 radical (unpaired) electrons. The largest absolute Gasteiger partial charge is 0.352 e. The van der Waals surface area contributed by atoms with Crippen LogP contribution >= 0.6 is 0 Å². The van der Waals surface area contributed by atoms with E-state index in [-0.39, 0.29) is 11.9 Å². The summed E-state index contributed by atoms with van der Waals surface area (Å²) in [6.07, 6.45) is 1.33. The number of carbonyl (C=O) groups is 2. The average molecular weight is 351 g/mol. The SMILES string of the molecule is CC1(C(=O)NCc2ccccc2)CCN(C(=O)Nc2ccccc2)CC1. The fourth-order valence-corrected chi connectivity index (χ4v) is 3.15. The van der Waals surface area contributed by atoms with Crippen LogP contribution in [-0.4, -0.2) is 29.9 Å². The molecule has 0 spiro atoms. The Balaban J connectivity index is 1.50. The van der Waals surface area contributed by atoms with E-state index in [4.69, 9.17) is 0 Å². The summed E-state index contributed by atoms with van der Waals surface area (Å²) in [5.74, 6) is 0.0597. The summed E-state index contributed by atoms with van der Waals surface area (Å²) in [6.45, 7) is 3.68. The van der Waals surface area contributed by atoms with Gasteiger partial charge >= 0.3 is 6.03 Å². The maximum Gasteiger partial charge on any atom is 0.321 e. The molecule has 0 saturated carbocycles. The lowest BCUT2D eigenvalue weighted by Crippen LogP contribution is -2.49. The quantitative estimate of drug-likeness (QED) is 0.883. The summed E-state index contributed by atoms with van der Waals surface area (Å²) in [4.78, 5) is 26.8. The van der Waals surface area contributed by atoms with Crippen LogP contribution in [0.5, 0.6) is 0 Å². The minimum atomic E-state index is -0.432.